The standard InChI is InChI=1S/C2H7N5/c1-2-4-6-7-5-3/h2H,1H3,(H2,3,7)(H,5,6)/b4-2-. The molecule has 0 radical (unpaired) electrons. The van der Waals surface area contributed by atoms with Crippen LogP contribution in [-0.2, 0) is 0 Å². The molecule has 0 amide bonds. The van der Waals surface area contributed by atoms with Crippen LogP contribution in [0.25, 0.3) is 0 Å². The summed E-state index contributed by atoms with van der Waals surface area (Å²) in [6.07, 6.45) is 1.54. The van der Waals surface area contributed by atoms with Crippen LogP contribution in [0.2, 0.25) is 0 Å². The van der Waals surface area contributed by atoms with Gasteiger partial charge in [0.2, 0.25) is 0 Å². The lowest BCUT2D eigenvalue weighted by Crippen LogP contribution is -1.92. The quantitative estimate of drug-likeness (QED) is 0.219. The Morgan fingerprint density at radius 3 is 2.86 bits per heavy atom. The van der Waals surface area contributed by atoms with Crippen molar-refractivity contribution in [3.63, 3.8) is 0 Å². The minimum atomic E-state index is 1.54. The summed E-state index contributed by atoms with van der Waals surface area (Å²) < 4.78 is 0. The highest BCUT2D eigenvalue weighted by Crippen LogP contribution is 1.55. The Kier molecular flexibility index (Phi) is 4.08. The van der Waals surface area contributed by atoms with Crippen molar-refractivity contribution in [3.05, 3.63) is 0 Å². The zero-order valence-electron chi connectivity index (χ0n) is 4.00. The van der Waals surface area contributed by atoms with Gasteiger partial charge >= 0.3 is 0 Å². The maximum Gasteiger partial charge on any atom is 0.0233 e. The van der Waals surface area contributed by atoms with E-state index in [1.54, 1.807) is 6.92 Å². The number of rotatable bonds is 2. The Bertz CT molecular complexity index is 64.1. The molecule has 0 bridgehead atoms. The number of nitrogens with zero attached hydrogens (tertiary/aromatic N) is 3. The fourth-order valence-corrected chi connectivity index (χ4v) is 0.109. The molecule has 0 aromatic heterocycles. The molecule has 0 fully saturated rings. The van der Waals surface area contributed by atoms with Gasteiger partial charge in [0, 0.05) is 6.21 Å². The van der Waals surface area contributed by atoms with Gasteiger partial charge in [0.15, 0.2) is 0 Å². The molecular weight excluding hydrogens is 94.1 g/mol. The van der Waals surface area contributed by atoms with Crippen molar-refractivity contribution in [2.75, 3.05) is 0 Å². The summed E-state index contributed by atoms with van der Waals surface area (Å²) in [5, 5.41) is 9.44. The van der Waals surface area contributed by atoms with Crippen LogP contribution in [0.1, 0.15) is 6.92 Å². The van der Waals surface area contributed by atoms with Crippen molar-refractivity contribution in [3.8, 4) is 0 Å². The lowest BCUT2D eigenvalue weighted by molar-refractivity contribution is 0.724. The van der Waals surface area contributed by atoms with Crippen molar-refractivity contribution in [2.24, 2.45) is 21.4 Å². The van der Waals surface area contributed by atoms with Crippen LogP contribution in [0.4, 0.5) is 0 Å². The van der Waals surface area contributed by atoms with Crippen molar-refractivity contribution >= 4 is 6.21 Å². The lowest BCUT2D eigenvalue weighted by atomic mass is 10.9. The van der Waals surface area contributed by atoms with E-state index in [1.165, 1.54) is 6.21 Å². The zero-order valence-corrected chi connectivity index (χ0v) is 4.00. The molecule has 0 saturated carbocycles. The fourth-order valence-electron chi connectivity index (χ4n) is 0.109. The predicted octanol–water partition coefficient (Wildman–Crippen LogP) is -0.177. The van der Waals surface area contributed by atoms with E-state index in [0.29, 0.717) is 0 Å². The average molecular weight is 101 g/mol. The van der Waals surface area contributed by atoms with E-state index in [2.05, 4.69) is 26.9 Å². The smallest absolute Gasteiger partial charge is 0.0233 e. The van der Waals surface area contributed by atoms with Crippen LogP contribution in [0.15, 0.2) is 15.5 Å². The first-order valence-corrected chi connectivity index (χ1v) is 1.74. The van der Waals surface area contributed by atoms with E-state index in [0.717, 1.165) is 0 Å². The van der Waals surface area contributed by atoms with Gasteiger partial charge in [0.25, 0.3) is 0 Å². The van der Waals surface area contributed by atoms with Gasteiger partial charge in [-0.25, -0.2) is 0 Å². The van der Waals surface area contributed by atoms with Gasteiger partial charge in [-0.3, -0.25) is 0 Å². The van der Waals surface area contributed by atoms with E-state index in [4.69, 9.17) is 0 Å². The molecule has 0 rings (SSSR count). The number of nitrogens with one attached hydrogen (secondary N) is 1. The summed E-state index contributed by atoms with van der Waals surface area (Å²) in [5.74, 6) is 4.59. The van der Waals surface area contributed by atoms with E-state index >= 15 is 0 Å². The molecule has 7 heavy (non-hydrogen) atoms. The van der Waals surface area contributed by atoms with Crippen molar-refractivity contribution in [1.82, 2.24) is 5.53 Å². The molecule has 5 heteroatoms. The molecule has 0 aliphatic carbocycles. The summed E-state index contributed by atoms with van der Waals surface area (Å²) in [7, 11) is 0. The normalized spacial score (nSPS) is 11.0. The Balaban J connectivity index is 2.98. The first-order chi connectivity index (χ1) is 3.41. The number of nitrogens with two attached hydrogens (primary N) is 1. The van der Waals surface area contributed by atoms with Crippen LogP contribution in [0.5, 0.6) is 0 Å². The third kappa shape index (κ3) is 4.87. The number of hydrogen-bond acceptors (Lipinski definition) is 3. The van der Waals surface area contributed by atoms with E-state index < -0.39 is 0 Å². The van der Waals surface area contributed by atoms with Crippen molar-refractivity contribution < 1.29 is 0 Å². The second-order valence-corrected chi connectivity index (χ2v) is 0.703. The van der Waals surface area contributed by atoms with E-state index in [-0.39, 0.29) is 0 Å². The number of hydrazone groups is 1. The third-order valence-electron chi connectivity index (χ3n) is 0.289. The third-order valence-corrected chi connectivity index (χ3v) is 0.289. The van der Waals surface area contributed by atoms with Gasteiger partial charge in [-0.05, 0) is 12.1 Å². The van der Waals surface area contributed by atoms with Gasteiger partial charge < -0.3 is 5.84 Å². The Hall–Kier alpha value is -1.13. The summed E-state index contributed by atoms with van der Waals surface area (Å²) in [5.41, 5.74) is 2.19. The molecule has 0 aromatic carbocycles. The summed E-state index contributed by atoms with van der Waals surface area (Å²) >= 11 is 0. The Morgan fingerprint density at radius 2 is 2.43 bits per heavy atom. The van der Waals surface area contributed by atoms with Crippen LogP contribution in [0, 0.1) is 0 Å². The van der Waals surface area contributed by atoms with Gasteiger partial charge in [0.1, 0.15) is 0 Å². The molecule has 5 nitrogen and oxygen atoms in total. The molecule has 0 aromatic rings. The summed E-state index contributed by atoms with van der Waals surface area (Å²) in [6.45, 7) is 1.75. The van der Waals surface area contributed by atoms with E-state index in [9.17, 15) is 0 Å². The lowest BCUT2D eigenvalue weighted by Gasteiger charge is -1.78. The molecule has 0 aliphatic rings. The molecule has 0 saturated heterocycles. The molecule has 40 valence electrons. The molecule has 0 heterocycles. The minimum Gasteiger partial charge on any atom is -0.303 e. The first kappa shape index (κ1) is 5.87. The summed E-state index contributed by atoms with van der Waals surface area (Å²) in [6, 6.07) is 0. The van der Waals surface area contributed by atoms with Crippen LogP contribution < -0.4 is 11.4 Å². The summed E-state index contributed by atoms with van der Waals surface area (Å²) in [4.78, 5) is 0. The van der Waals surface area contributed by atoms with Gasteiger partial charge in [0.05, 0.1) is 0 Å². The van der Waals surface area contributed by atoms with Gasteiger partial charge in [-0.15, -0.1) is 0 Å². The van der Waals surface area contributed by atoms with Crippen molar-refractivity contribution in [2.45, 2.75) is 6.92 Å². The van der Waals surface area contributed by atoms with Crippen molar-refractivity contribution in [1.29, 1.82) is 0 Å². The Morgan fingerprint density at radius 1 is 1.71 bits per heavy atom. The second-order valence-electron chi connectivity index (χ2n) is 0.703. The highest BCUT2D eigenvalue weighted by atomic mass is 15.6. The maximum atomic E-state index is 4.59. The van der Waals surface area contributed by atoms with Crippen LogP contribution in [-0.4, -0.2) is 6.21 Å². The Labute approximate surface area is 41.2 Å². The molecule has 0 atom stereocenters. The molecule has 3 N–H and O–H groups in total. The molecule has 0 spiro atoms. The average Bonchev–Trinajstić information content (AvgIpc) is 1.69. The fraction of sp³-hybridized carbons (Fsp3) is 0.500. The predicted molar refractivity (Wildman–Crippen MR) is 26.3 cm³/mol. The van der Waals surface area contributed by atoms with Crippen LogP contribution >= 0.6 is 0 Å². The topological polar surface area (TPSA) is 75.1 Å². The second kappa shape index (κ2) is 4.87. The molecule has 0 unspecified atom stereocenters. The van der Waals surface area contributed by atoms with Crippen LogP contribution in [0.3, 0.4) is 0 Å². The monoisotopic (exact) mass is 101 g/mol. The largest absolute Gasteiger partial charge is 0.303 e. The van der Waals surface area contributed by atoms with E-state index in [1.807, 2.05) is 0 Å². The van der Waals surface area contributed by atoms with Gasteiger partial charge in [-0.1, -0.05) is 5.22 Å². The number of hydrogen-bond donors (Lipinski definition) is 2. The zero-order chi connectivity index (χ0) is 5.54. The SMILES string of the molecule is C/C=N\N/N=N\N. The van der Waals surface area contributed by atoms with Gasteiger partial charge in [-0.2, -0.15) is 10.6 Å². The minimum absolute atomic E-state index is 1.54. The highest BCUT2D eigenvalue weighted by Gasteiger charge is 1.56. The highest BCUT2D eigenvalue weighted by molar-refractivity contribution is 5.52. The maximum absolute atomic E-state index is 4.59. The first-order valence-electron chi connectivity index (χ1n) is 1.74. The molecular formula is C2H7N5. The molecule has 0 aliphatic heterocycles.